The molecular formula is C5H11NO. The van der Waals surface area contributed by atoms with E-state index < -0.39 is 12.1 Å². The third-order valence-corrected chi connectivity index (χ3v) is 1.37. The minimum absolute atomic E-state index is 0.595. The topological polar surface area (TPSA) is 46.2 Å². The summed E-state index contributed by atoms with van der Waals surface area (Å²) in [7, 11) is 0. The van der Waals surface area contributed by atoms with E-state index in [4.69, 9.17) is 12.2 Å². The zero-order valence-electron chi connectivity index (χ0n) is 5.22. The van der Waals surface area contributed by atoms with E-state index in [9.17, 15) is 0 Å². The Morgan fingerprint density at radius 3 is 2.57 bits per heavy atom. The summed E-state index contributed by atoms with van der Waals surface area (Å²) < 4.78 is 7.22. The fraction of sp³-hybridized carbons (Fsp3) is 1.00. The second-order valence-corrected chi connectivity index (χ2v) is 1.98. The third-order valence-electron chi connectivity index (χ3n) is 1.37. The molecule has 0 bridgehead atoms. The van der Waals surface area contributed by atoms with Gasteiger partial charge in [-0.1, -0.05) is 0 Å². The average molecular weight is 102 g/mol. The second-order valence-electron chi connectivity index (χ2n) is 1.98. The molecule has 0 heterocycles. The lowest BCUT2D eigenvalue weighted by Gasteiger charge is -2.04. The Bertz CT molecular complexity index is 94.4. The first kappa shape index (κ1) is 3.87. The fourth-order valence-corrected chi connectivity index (χ4v) is 0.852. The molecular weight excluding hydrogens is 90.1 g/mol. The summed E-state index contributed by atoms with van der Waals surface area (Å²) in [6.07, 6.45) is 1.62. The van der Waals surface area contributed by atoms with E-state index in [0.29, 0.717) is 12.8 Å². The molecule has 2 atom stereocenters. The fourth-order valence-electron chi connectivity index (χ4n) is 0.852. The number of nitrogens with two attached hydrogens (primary N) is 1. The third kappa shape index (κ3) is 0.924. The van der Waals surface area contributed by atoms with Crippen LogP contribution in [0.15, 0.2) is 0 Å². The standard InChI is InChI=1S/C5H11NO/c6-4-2-1-3-5(4)7/h4-5,7H,1-3,6H2/t4-,5-/m1/s1/i4D. The highest BCUT2D eigenvalue weighted by atomic mass is 16.3. The van der Waals surface area contributed by atoms with Crippen LogP contribution in [-0.2, 0) is 0 Å². The summed E-state index contributed by atoms with van der Waals surface area (Å²) in [4.78, 5) is 0. The molecule has 0 saturated heterocycles. The van der Waals surface area contributed by atoms with Gasteiger partial charge in [0.25, 0.3) is 0 Å². The van der Waals surface area contributed by atoms with Crippen LogP contribution in [0.5, 0.6) is 0 Å². The molecule has 1 aliphatic carbocycles. The van der Waals surface area contributed by atoms with Gasteiger partial charge in [0.2, 0.25) is 0 Å². The molecule has 0 aliphatic heterocycles. The van der Waals surface area contributed by atoms with Gasteiger partial charge in [0.05, 0.1) is 6.10 Å². The first-order valence-electron chi connectivity index (χ1n) is 3.10. The molecule has 2 heteroatoms. The van der Waals surface area contributed by atoms with Crippen LogP contribution < -0.4 is 5.73 Å². The molecule has 1 aliphatic rings. The van der Waals surface area contributed by atoms with Crippen LogP contribution in [0.2, 0.25) is 0 Å². The summed E-state index contributed by atoms with van der Waals surface area (Å²) in [5, 5.41) is 8.94. The van der Waals surface area contributed by atoms with Crippen LogP contribution in [0.3, 0.4) is 0 Å². The molecule has 0 aromatic rings. The van der Waals surface area contributed by atoms with Crippen LogP contribution in [0.25, 0.3) is 0 Å². The molecule has 0 radical (unpaired) electrons. The maximum Gasteiger partial charge on any atom is 0.0691 e. The lowest BCUT2D eigenvalue weighted by atomic mass is 10.2. The molecule has 1 rings (SSSR count). The lowest BCUT2D eigenvalue weighted by Crippen LogP contribution is -2.28. The van der Waals surface area contributed by atoms with Crippen molar-refractivity contribution in [3.05, 3.63) is 0 Å². The maximum atomic E-state index is 8.94. The van der Waals surface area contributed by atoms with E-state index in [2.05, 4.69) is 0 Å². The van der Waals surface area contributed by atoms with Crippen molar-refractivity contribution in [3.8, 4) is 0 Å². The zero-order chi connectivity index (χ0) is 6.20. The monoisotopic (exact) mass is 102 g/mol. The summed E-state index contributed by atoms with van der Waals surface area (Å²) in [5.74, 6) is 0. The Balaban J connectivity index is 2.54. The maximum absolute atomic E-state index is 8.94. The highest BCUT2D eigenvalue weighted by Gasteiger charge is 2.20. The zero-order valence-corrected chi connectivity index (χ0v) is 4.22. The molecule has 2 nitrogen and oxygen atoms in total. The Kier molecular flexibility index (Phi) is 0.995. The van der Waals surface area contributed by atoms with Crippen LogP contribution in [0.1, 0.15) is 20.6 Å². The van der Waals surface area contributed by atoms with Crippen molar-refractivity contribution in [2.24, 2.45) is 5.73 Å². The van der Waals surface area contributed by atoms with Gasteiger partial charge in [0.15, 0.2) is 0 Å². The SMILES string of the molecule is [2H][C@@]1(N)CCC[C@H]1O. The summed E-state index contributed by atoms with van der Waals surface area (Å²) in [6, 6.07) is -1.04. The number of aliphatic hydroxyl groups is 1. The van der Waals surface area contributed by atoms with Crippen molar-refractivity contribution in [2.75, 3.05) is 0 Å². The molecule has 7 heavy (non-hydrogen) atoms. The van der Waals surface area contributed by atoms with Gasteiger partial charge >= 0.3 is 0 Å². The minimum atomic E-state index is -1.04. The quantitative estimate of drug-likeness (QED) is 0.447. The molecule has 0 unspecified atom stereocenters. The minimum Gasteiger partial charge on any atom is -0.392 e. The summed E-state index contributed by atoms with van der Waals surface area (Å²) in [6.45, 7) is 0. The first-order chi connectivity index (χ1) is 3.63. The summed E-state index contributed by atoms with van der Waals surface area (Å²) in [5.41, 5.74) is 5.34. The van der Waals surface area contributed by atoms with Crippen molar-refractivity contribution in [1.82, 2.24) is 0 Å². The Hall–Kier alpha value is -0.0800. The van der Waals surface area contributed by atoms with Crippen molar-refractivity contribution >= 4 is 0 Å². The van der Waals surface area contributed by atoms with Gasteiger partial charge in [0, 0.05) is 7.39 Å². The van der Waals surface area contributed by atoms with Crippen molar-refractivity contribution in [1.29, 1.82) is 0 Å². The van der Waals surface area contributed by atoms with Gasteiger partial charge in [0.1, 0.15) is 0 Å². The first-order valence-corrected chi connectivity index (χ1v) is 2.60. The highest BCUT2D eigenvalue weighted by molar-refractivity contribution is 4.78. The van der Waals surface area contributed by atoms with Crippen LogP contribution in [0.4, 0.5) is 0 Å². The second kappa shape index (κ2) is 1.80. The van der Waals surface area contributed by atoms with Gasteiger partial charge in [-0.05, 0) is 19.3 Å². The lowest BCUT2D eigenvalue weighted by molar-refractivity contribution is 0.165. The number of hydrogen-bond donors (Lipinski definition) is 2. The van der Waals surface area contributed by atoms with Crippen molar-refractivity contribution < 1.29 is 6.48 Å². The molecule has 0 amide bonds. The average Bonchev–Trinajstić information content (AvgIpc) is 1.86. The number of rotatable bonds is 0. The largest absolute Gasteiger partial charge is 0.392 e. The van der Waals surface area contributed by atoms with Gasteiger partial charge in [-0.3, -0.25) is 0 Å². The van der Waals surface area contributed by atoms with Crippen LogP contribution in [0, 0.1) is 0 Å². The number of aliphatic hydroxyl groups excluding tert-OH is 1. The molecule has 0 spiro atoms. The number of hydrogen-bond acceptors (Lipinski definition) is 2. The smallest absolute Gasteiger partial charge is 0.0691 e. The van der Waals surface area contributed by atoms with E-state index in [1.165, 1.54) is 0 Å². The molecule has 0 aromatic heterocycles. The molecule has 1 fully saturated rings. The van der Waals surface area contributed by atoms with E-state index in [1.54, 1.807) is 0 Å². The Morgan fingerprint density at radius 2 is 2.43 bits per heavy atom. The van der Waals surface area contributed by atoms with E-state index in [0.717, 1.165) is 6.42 Å². The highest BCUT2D eigenvalue weighted by Crippen LogP contribution is 2.15. The van der Waals surface area contributed by atoms with Gasteiger partial charge in [-0.15, -0.1) is 0 Å². The molecule has 1 saturated carbocycles. The van der Waals surface area contributed by atoms with Crippen molar-refractivity contribution in [3.63, 3.8) is 0 Å². The molecule has 3 N–H and O–H groups in total. The normalized spacial score (nSPS) is 54.6. The van der Waals surface area contributed by atoms with E-state index in [-0.39, 0.29) is 0 Å². The molecule has 42 valence electrons. The predicted molar refractivity (Wildman–Crippen MR) is 27.8 cm³/mol. The van der Waals surface area contributed by atoms with Gasteiger partial charge in [-0.25, -0.2) is 0 Å². The predicted octanol–water partition coefficient (Wildman–Crippen LogP) is -0.141. The Labute approximate surface area is 44.7 Å². The van der Waals surface area contributed by atoms with E-state index >= 15 is 0 Å². The van der Waals surface area contributed by atoms with Crippen LogP contribution >= 0.6 is 0 Å². The summed E-state index contributed by atoms with van der Waals surface area (Å²) >= 11 is 0. The van der Waals surface area contributed by atoms with E-state index in [1.807, 2.05) is 0 Å². The van der Waals surface area contributed by atoms with Crippen molar-refractivity contribution in [2.45, 2.75) is 31.4 Å². The van der Waals surface area contributed by atoms with Gasteiger partial charge in [-0.2, -0.15) is 0 Å². The van der Waals surface area contributed by atoms with Crippen LogP contribution in [-0.4, -0.2) is 17.2 Å². The molecule has 0 aromatic carbocycles. The van der Waals surface area contributed by atoms with Gasteiger partial charge < -0.3 is 10.8 Å². The Morgan fingerprint density at radius 1 is 1.71 bits per heavy atom.